The molecule has 0 bridgehead atoms. The van der Waals surface area contributed by atoms with Crippen LogP contribution < -0.4 is 5.43 Å². The summed E-state index contributed by atoms with van der Waals surface area (Å²) in [5, 5.41) is 0.615. The van der Waals surface area contributed by atoms with E-state index in [9.17, 15) is 4.79 Å². The van der Waals surface area contributed by atoms with Gasteiger partial charge in [-0.05, 0) is 11.6 Å². The van der Waals surface area contributed by atoms with E-state index < -0.39 is 0 Å². The fourth-order valence-electron chi connectivity index (χ4n) is 1.63. The molecule has 0 amide bonds. The maximum absolute atomic E-state index is 11.8. The Morgan fingerprint density at radius 1 is 1.47 bits per heavy atom. The van der Waals surface area contributed by atoms with Crippen molar-refractivity contribution >= 4 is 17.0 Å². The van der Waals surface area contributed by atoms with Gasteiger partial charge in [0.05, 0.1) is 5.39 Å². The summed E-state index contributed by atoms with van der Waals surface area (Å²) in [6.45, 7) is 5.64. The van der Waals surface area contributed by atoms with E-state index in [0.29, 0.717) is 16.7 Å². The molecular formula is C13H12O2. The summed E-state index contributed by atoms with van der Waals surface area (Å²) in [4.78, 5) is 11.8. The first-order chi connectivity index (χ1) is 7.26. The lowest BCUT2D eigenvalue weighted by Crippen LogP contribution is -2.03. The molecule has 2 heteroatoms. The monoisotopic (exact) mass is 200 g/mol. The molecule has 0 saturated carbocycles. The van der Waals surface area contributed by atoms with Gasteiger partial charge in [0.2, 0.25) is 0 Å². The molecule has 1 heterocycles. The summed E-state index contributed by atoms with van der Waals surface area (Å²) in [6.07, 6.45) is 2.40. The van der Waals surface area contributed by atoms with Gasteiger partial charge in [-0.2, -0.15) is 0 Å². The molecule has 0 N–H and O–H groups in total. The molecule has 0 saturated heterocycles. The van der Waals surface area contributed by atoms with Crippen molar-refractivity contribution in [3.05, 3.63) is 52.4 Å². The molecule has 0 aliphatic carbocycles. The number of benzene rings is 1. The molecule has 2 rings (SSSR count). The average molecular weight is 200 g/mol. The van der Waals surface area contributed by atoms with Crippen molar-refractivity contribution in [2.75, 3.05) is 0 Å². The van der Waals surface area contributed by atoms with E-state index in [4.69, 9.17) is 4.42 Å². The molecule has 1 aromatic carbocycles. The quantitative estimate of drug-likeness (QED) is 0.746. The SMILES string of the molecule is C=Cc1cccc2oc(CC)cc(=O)c12. The van der Waals surface area contributed by atoms with Crippen molar-refractivity contribution < 1.29 is 4.42 Å². The van der Waals surface area contributed by atoms with Crippen LogP contribution in [0, 0.1) is 0 Å². The van der Waals surface area contributed by atoms with Gasteiger partial charge >= 0.3 is 0 Å². The van der Waals surface area contributed by atoms with Crippen molar-refractivity contribution in [2.45, 2.75) is 13.3 Å². The largest absolute Gasteiger partial charge is 0.461 e. The molecule has 2 nitrogen and oxygen atoms in total. The minimum atomic E-state index is 0.00333. The van der Waals surface area contributed by atoms with Crippen LogP contribution in [0.4, 0.5) is 0 Å². The molecule has 0 fully saturated rings. The van der Waals surface area contributed by atoms with Gasteiger partial charge in [-0.1, -0.05) is 31.7 Å². The molecule has 0 unspecified atom stereocenters. The predicted molar refractivity (Wildman–Crippen MR) is 62.0 cm³/mol. The van der Waals surface area contributed by atoms with E-state index in [1.165, 1.54) is 0 Å². The topological polar surface area (TPSA) is 30.2 Å². The molecule has 0 aliphatic heterocycles. The average Bonchev–Trinajstić information content (AvgIpc) is 2.27. The fraction of sp³-hybridized carbons (Fsp3) is 0.154. The van der Waals surface area contributed by atoms with Crippen LogP contribution in [-0.4, -0.2) is 0 Å². The Morgan fingerprint density at radius 2 is 2.27 bits per heavy atom. The van der Waals surface area contributed by atoms with Crippen LogP contribution in [0.2, 0.25) is 0 Å². The van der Waals surface area contributed by atoms with E-state index in [2.05, 4.69) is 6.58 Å². The van der Waals surface area contributed by atoms with E-state index >= 15 is 0 Å². The molecule has 76 valence electrons. The zero-order valence-corrected chi connectivity index (χ0v) is 8.62. The summed E-state index contributed by atoms with van der Waals surface area (Å²) >= 11 is 0. The van der Waals surface area contributed by atoms with Crippen molar-refractivity contribution in [1.82, 2.24) is 0 Å². The fourth-order valence-corrected chi connectivity index (χ4v) is 1.63. The summed E-state index contributed by atoms with van der Waals surface area (Å²) < 4.78 is 5.59. The van der Waals surface area contributed by atoms with Crippen LogP contribution in [-0.2, 0) is 6.42 Å². The van der Waals surface area contributed by atoms with Gasteiger partial charge in [-0.3, -0.25) is 4.79 Å². The lowest BCUT2D eigenvalue weighted by molar-refractivity contribution is 0.543. The van der Waals surface area contributed by atoms with Crippen LogP contribution in [0.1, 0.15) is 18.2 Å². The van der Waals surface area contributed by atoms with Crippen molar-refractivity contribution in [1.29, 1.82) is 0 Å². The van der Waals surface area contributed by atoms with Crippen LogP contribution in [0.15, 0.2) is 40.1 Å². The van der Waals surface area contributed by atoms with Crippen LogP contribution >= 0.6 is 0 Å². The highest BCUT2D eigenvalue weighted by Gasteiger charge is 2.05. The van der Waals surface area contributed by atoms with Gasteiger partial charge in [-0.15, -0.1) is 0 Å². The Balaban J connectivity index is 2.90. The Labute approximate surface area is 87.8 Å². The lowest BCUT2D eigenvalue weighted by atomic mass is 10.1. The number of fused-ring (bicyclic) bond motifs is 1. The number of hydrogen-bond acceptors (Lipinski definition) is 2. The molecule has 15 heavy (non-hydrogen) atoms. The first-order valence-corrected chi connectivity index (χ1v) is 4.94. The summed E-state index contributed by atoms with van der Waals surface area (Å²) in [5.41, 5.74) is 1.46. The zero-order valence-electron chi connectivity index (χ0n) is 8.62. The molecule has 0 spiro atoms. The van der Waals surface area contributed by atoms with Crippen molar-refractivity contribution in [2.24, 2.45) is 0 Å². The second kappa shape index (κ2) is 3.73. The summed E-state index contributed by atoms with van der Waals surface area (Å²) in [6, 6.07) is 7.08. The standard InChI is InChI=1S/C13H12O2/c1-3-9-6-5-7-12-13(9)11(14)8-10(4-2)15-12/h3,5-8H,1,4H2,2H3. The first kappa shape index (κ1) is 9.71. The van der Waals surface area contributed by atoms with Gasteiger partial charge in [0.25, 0.3) is 0 Å². The highest BCUT2D eigenvalue weighted by atomic mass is 16.3. The summed E-state index contributed by atoms with van der Waals surface area (Å²) in [5.74, 6) is 0.716. The molecule has 1 aromatic heterocycles. The van der Waals surface area contributed by atoms with E-state index in [-0.39, 0.29) is 5.43 Å². The first-order valence-electron chi connectivity index (χ1n) is 4.94. The predicted octanol–water partition coefficient (Wildman–Crippen LogP) is 3.00. The molecule has 0 aliphatic rings. The highest BCUT2D eigenvalue weighted by Crippen LogP contribution is 2.17. The third-order valence-corrected chi connectivity index (χ3v) is 2.41. The van der Waals surface area contributed by atoms with Gasteiger partial charge < -0.3 is 4.42 Å². The second-order valence-electron chi connectivity index (χ2n) is 3.36. The minimum Gasteiger partial charge on any atom is -0.461 e. The third-order valence-electron chi connectivity index (χ3n) is 2.41. The van der Waals surface area contributed by atoms with Crippen LogP contribution in [0.3, 0.4) is 0 Å². The minimum absolute atomic E-state index is 0.00333. The molecule has 0 radical (unpaired) electrons. The molecule has 2 aromatic rings. The lowest BCUT2D eigenvalue weighted by Gasteiger charge is -2.02. The Morgan fingerprint density at radius 3 is 2.93 bits per heavy atom. The van der Waals surface area contributed by atoms with Crippen molar-refractivity contribution in [3.63, 3.8) is 0 Å². The molecular weight excluding hydrogens is 188 g/mol. The van der Waals surface area contributed by atoms with Gasteiger partial charge in [0.15, 0.2) is 5.43 Å². The number of hydrogen-bond donors (Lipinski definition) is 0. The highest BCUT2D eigenvalue weighted by molar-refractivity contribution is 5.86. The van der Waals surface area contributed by atoms with E-state index in [0.717, 1.165) is 12.0 Å². The Kier molecular flexibility index (Phi) is 2.42. The van der Waals surface area contributed by atoms with Gasteiger partial charge in [0.1, 0.15) is 11.3 Å². The Bertz CT molecular complexity index is 564. The third kappa shape index (κ3) is 1.59. The Hall–Kier alpha value is -1.83. The smallest absolute Gasteiger partial charge is 0.193 e. The van der Waals surface area contributed by atoms with E-state index in [1.54, 1.807) is 12.1 Å². The van der Waals surface area contributed by atoms with Gasteiger partial charge in [-0.25, -0.2) is 0 Å². The van der Waals surface area contributed by atoms with Crippen LogP contribution in [0.5, 0.6) is 0 Å². The maximum Gasteiger partial charge on any atom is 0.193 e. The normalized spacial score (nSPS) is 10.5. The van der Waals surface area contributed by atoms with Crippen LogP contribution in [0.25, 0.3) is 17.0 Å². The van der Waals surface area contributed by atoms with Crippen molar-refractivity contribution in [3.8, 4) is 0 Å². The number of rotatable bonds is 2. The second-order valence-corrected chi connectivity index (χ2v) is 3.36. The zero-order chi connectivity index (χ0) is 10.8. The maximum atomic E-state index is 11.8. The number of aryl methyl sites for hydroxylation is 1. The molecule has 0 atom stereocenters. The van der Waals surface area contributed by atoms with E-state index in [1.807, 2.05) is 25.1 Å². The van der Waals surface area contributed by atoms with Gasteiger partial charge in [0, 0.05) is 12.5 Å². The summed E-state index contributed by atoms with van der Waals surface area (Å²) in [7, 11) is 0.